The van der Waals surface area contributed by atoms with Crippen molar-refractivity contribution in [3.63, 3.8) is 0 Å². The Morgan fingerprint density at radius 1 is 1.14 bits per heavy atom. The van der Waals surface area contributed by atoms with Crippen molar-refractivity contribution in [3.05, 3.63) is 63.8 Å². The molecule has 3 heteroatoms. The molecule has 0 amide bonds. The highest BCUT2D eigenvalue weighted by Crippen LogP contribution is 2.27. The number of fused-ring (bicyclic) bond motifs is 1. The Hall–Kier alpha value is -1.74. The molecular formula is C18H18BrNO. The van der Waals surface area contributed by atoms with E-state index in [2.05, 4.69) is 65.4 Å². The smallest absolute Gasteiger partial charge is 0.134 e. The average molecular weight is 344 g/mol. The molecule has 0 saturated carbocycles. The van der Waals surface area contributed by atoms with Crippen molar-refractivity contribution >= 4 is 32.6 Å². The first kappa shape index (κ1) is 14.2. The lowest BCUT2D eigenvalue weighted by Crippen LogP contribution is -2.01. The van der Waals surface area contributed by atoms with Gasteiger partial charge >= 0.3 is 0 Å². The largest absolute Gasteiger partial charge is 0.461 e. The van der Waals surface area contributed by atoms with Crippen molar-refractivity contribution in [2.75, 3.05) is 5.32 Å². The third-order valence-corrected chi connectivity index (χ3v) is 4.62. The number of para-hydroxylation sites is 1. The molecule has 1 N–H and O–H groups in total. The first-order valence-electron chi connectivity index (χ1n) is 7.18. The minimum absolute atomic E-state index is 0.779. The van der Waals surface area contributed by atoms with E-state index in [1.165, 1.54) is 16.5 Å². The molecule has 0 radical (unpaired) electrons. The Kier molecular flexibility index (Phi) is 4.02. The summed E-state index contributed by atoms with van der Waals surface area (Å²) in [5.41, 5.74) is 4.59. The Bertz CT molecular complexity index is 776. The molecule has 0 bridgehead atoms. The monoisotopic (exact) mass is 343 g/mol. The van der Waals surface area contributed by atoms with Gasteiger partial charge < -0.3 is 9.73 Å². The molecular weight excluding hydrogens is 326 g/mol. The number of nitrogens with one attached hydrogen (secondary N) is 1. The van der Waals surface area contributed by atoms with E-state index in [0.717, 1.165) is 34.5 Å². The summed E-state index contributed by atoms with van der Waals surface area (Å²) in [5, 5.41) is 4.71. The average Bonchev–Trinajstić information content (AvgIpc) is 2.86. The SMILES string of the molecule is CCc1oc2ccccc2c1CNc1ccc(Br)c(C)c1. The number of benzene rings is 2. The summed E-state index contributed by atoms with van der Waals surface area (Å²) in [4.78, 5) is 0. The van der Waals surface area contributed by atoms with E-state index in [1.54, 1.807) is 0 Å². The maximum Gasteiger partial charge on any atom is 0.134 e. The van der Waals surface area contributed by atoms with Gasteiger partial charge in [-0.25, -0.2) is 0 Å². The predicted molar refractivity (Wildman–Crippen MR) is 91.8 cm³/mol. The Balaban J connectivity index is 1.89. The van der Waals surface area contributed by atoms with Gasteiger partial charge in [-0.1, -0.05) is 41.1 Å². The molecule has 108 valence electrons. The molecule has 2 aromatic carbocycles. The highest BCUT2D eigenvalue weighted by Gasteiger charge is 2.12. The van der Waals surface area contributed by atoms with Crippen molar-refractivity contribution in [2.24, 2.45) is 0 Å². The van der Waals surface area contributed by atoms with Gasteiger partial charge in [0, 0.05) is 34.1 Å². The van der Waals surface area contributed by atoms with Gasteiger partial charge in [0.2, 0.25) is 0 Å². The number of furan rings is 1. The van der Waals surface area contributed by atoms with Crippen LogP contribution in [0.25, 0.3) is 11.0 Å². The quantitative estimate of drug-likeness (QED) is 0.659. The molecule has 1 heterocycles. The number of aryl methyl sites for hydroxylation is 2. The molecule has 2 nitrogen and oxygen atoms in total. The van der Waals surface area contributed by atoms with Crippen molar-refractivity contribution in [2.45, 2.75) is 26.8 Å². The molecule has 0 saturated heterocycles. The summed E-state index contributed by atoms with van der Waals surface area (Å²) in [7, 11) is 0. The van der Waals surface area contributed by atoms with Crippen molar-refractivity contribution in [3.8, 4) is 0 Å². The summed E-state index contributed by atoms with van der Waals surface area (Å²) in [6, 6.07) is 14.5. The van der Waals surface area contributed by atoms with Gasteiger partial charge in [-0.15, -0.1) is 0 Å². The van der Waals surface area contributed by atoms with Gasteiger partial charge in [0.25, 0.3) is 0 Å². The topological polar surface area (TPSA) is 25.2 Å². The second-order valence-corrected chi connectivity index (χ2v) is 6.03. The molecule has 0 unspecified atom stereocenters. The third kappa shape index (κ3) is 2.84. The van der Waals surface area contributed by atoms with Crippen LogP contribution in [0.1, 0.15) is 23.8 Å². The summed E-state index contributed by atoms with van der Waals surface area (Å²) >= 11 is 3.53. The van der Waals surface area contributed by atoms with Gasteiger partial charge in [-0.2, -0.15) is 0 Å². The Morgan fingerprint density at radius 3 is 2.71 bits per heavy atom. The second-order valence-electron chi connectivity index (χ2n) is 5.17. The second kappa shape index (κ2) is 5.94. The minimum Gasteiger partial charge on any atom is -0.461 e. The van der Waals surface area contributed by atoms with Crippen molar-refractivity contribution in [1.82, 2.24) is 0 Å². The maximum atomic E-state index is 5.93. The molecule has 3 aromatic rings. The minimum atomic E-state index is 0.779. The van der Waals surface area contributed by atoms with Gasteiger partial charge in [-0.3, -0.25) is 0 Å². The summed E-state index contributed by atoms with van der Waals surface area (Å²) in [6.45, 7) is 5.01. The van der Waals surface area contributed by atoms with E-state index in [0.29, 0.717) is 0 Å². The van der Waals surface area contributed by atoms with E-state index in [4.69, 9.17) is 4.42 Å². The fourth-order valence-electron chi connectivity index (χ4n) is 2.57. The van der Waals surface area contributed by atoms with Gasteiger partial charge in [0.15, 0.2) is 0 Å². The summed E-state index contributed by atoms with van der Waals surface area (Å²) in [6.07, 6.45) is 0.908. The molecule has 0 fully saturated rings. The predicted octanol–water partition coefficient (Wildman–Crippen LogP) is 5.68. The van der Waals surface area contributed by atoms with Crippen LogP contribution in [0.5, 0.6) is 0 Å². The van der Waals surface area contributed by atoms with Crippen LogP contribution in [0.3, 0.4) is 0 Å². The van der Waals surface area contributed by atoms with Crippen molar-refractivity contribution in [1.29, 1.82) is 0 Å². The van der Waals surface area contributed by atoms with E-state index in [-0.39, 0.29) is 0 Å². The van der Waals surface area contributed by atoms with Crippen LogP contribution >= 0.6 is 15.9 Å². The van der Waals surface area contributed by atoms with Crippen LogP contribution in [-0.2, 0) is 13.0 Å². The molecule has 0 spiro atoms. The highest BCUT2D eigenvalue weighted by atomic mass is 79.9. The maximum absolute atomic E-state index is 5.93. The number of rotatable bonds is 4. The van der Waals surface area contributed by atoms with Gasteiger partial charge in [0.1, 0.15) is 11.3 Å². The van der Waals surface area contributed by atoms with Crippen LogP contribution in [0.2, 0.25) is 0 Å². The first-order chi connectivity index (χ1) is 10.2. The van der Waals surface area contributed by atoms with Crippen LogP contribution in [-0.4, -0.2) is 0 Å². The van der Waals surface area contributed by atoms with Crippen LogP contribution in [0.4, 0.5) is 5.69 Å². The van der Waals surface area contributed by atoms with Crippen LogP contribution in [0, 0.1) is 6.92 Å². The highest BCUT2D eigenvalue weighted by molar-refractivity contribution is 9.10. The third-order valence-electron chi connectivity index (χ3n) is 3.73. The zero-order valence-corrected chi connectivity index (χ0v) is 13.8. The van der Waals surface area contributed by atoms with E-state index in [9.17, 15) is 0 Å². The number of anilines is 1. The fraction of sp³-hybridized carbons (Fsp3) is 0.222. The molecule has 0 aliphatic heterocycles. The lowest BCUT2D eigenvalue weighted by atomic mass is 10.1. The van der Waals surface area contributed by atoms with Gasteiger partial charge in [0.05, 0.1) is 0 Å². The Morgan fingerprint density at radius 2 is 1.95 bits per heavy atom. The fourth-order valence-corrected chi connectivity index (χ4v) is 2.82. The first-order valence-corrected chi connectivity index (χ1v) is 7.97. The normalized spacial score (nSPS) is 11.0. The summed E-state index contributed by atoms with van der Waals surface area (Å²) < 4.78 is 7.07. The number of halogens is 1. The van der Waals surface area contributed by atoms with Crippen LogP contribution < -0.4 is 5.32 Å². The lowest BCUT2D eigenvalue weighted by Gasteiger charge is -2.08. The van der Waals surface area contributed by atoms with E-state index >= 15 is 0 Å². The molecule has 0 aliphatic carbocycles. The standard InChI is InChI=1S/C18H18BrNO/c1-3-17-15(14-6-4-5-7-18(14)21-17)11-20-13-8-9-16(19)12(2)10-13/h4-10,20H,3,11H2,1-2H3. The zero-order valence-electron chi connectivity index (χ0n) is 12.2. The van der Waals surface area contributed by atoms with E-state index < -0.39 is 0 Å². The van der Waals surface area contributed by atoms with E-state index in [1.807, 2.05) is 12.1 Å². The van der Waals surface area contributed by atoms with Gasteiger partial charge in [-0.05, 0) is 36.8 Å². The number of hydrogen-bond acceptors (Lipinski definition) is 2. The molecule has 0 aliphatic rings. The lowest BCUT2D eigenvalue weighted by molar-refractivity contribution is 0.551. The summed E-state index contributed by atoms with van der Waals surface area (Å²) in [5.74, 6) is 1.07. The molecule has 1 aromatic heterocycles. The molecule has 3 rings (SSSR count). The Labute approximate surface area is 133 Å². The molecule has 0 atom stereocenters. The zero-order chi connectivity index (χ0) is 14.8. The van der Waals surface area contributed by atoms with Crippen LogP contribution in [0.15, 0.2) is 51.4 Å². The number of hydrogen-bond donors (Lipinski definition) is 1. The van der Waals surface area contributed by atoms with Crippen molar-refractivity contribution < 1.29 is 4.42 Å². The molecule has 21 heavy (non-hydrogen) atoms.